The van der Waals surface area contributed by atoms with Crippen molar-refractivity contribution >= 4 is 18.2 Å². The molecule has 1 aromatic rings. The number of esters is 1. The molecule has 8 nitrogen and oxygen atoms in total. The summed E-state index contributed by atoms with van der Waals surface area (Å²) in [4.78, 5) is 21.1. The highest BCUT2D eigenvalue weighted by Gasteiger charge is 2.05. The number of hydrazone groups is 1. The highest BCUT2D eigenvalue weighted by Crippen LogP contribution is 2.27. The predicted molar refractivity (Wildman–Crippen MR) is 75.4 cm³/mol. The highest BCUT2D eigenvalue weighted by molar-refractivity contribution is 5.82. The van der Waals surface area contributed by atoms with Crippen LogP contribution < -0.4 is 20.6 Å². The average molecular weight is 295 g/mol. The van der Waals surface area contributed by atoms with E-state index in [0.717, 1.165) is 0 Å². The van der Waals surface area contributed by atoms with E-state index in [9.17, 15) is 9.59 Å². The highest BCUT2D eigenvalue weighted by atomic mass is 16.6. The number of amides is 2. The fourth-order valence-electron chi connectivity index (χ4n) is 1.39. The van der Waals surface area contributed by atoms with Crippen LogP contribution in [-0.4, -0.2) is 38.5 Å². The molecule has 21 heavy (non-hydrogen) atoms. The van der Waals surface area contributed by atoms with Gasteiger partial charge in [-0.05, 0) is 23.8 Å². The maximum atomic E-state index is 10.6. The van der Waals surface area contributed by atoms with Crippen molar-refractivity contribution in [2.45, 2.75) is 6.92 Å². The Balaban J connectivity index is 2.63. The lowest BCUT2D eigenvalue weighted by atomic mass is 10.2. The molecule has 0 aromatic heterocycles. The number of carbonyl (C=O) groups excluding carboxylic acids is 2. The number of hydrogen-bond donors (Lipinski definition) is 2. The molecule has 0 bridgehead atoms. The van der Waals surface area contributed by atoms with E-state index in [1.165, 1.54) is 20.2 Å². The molecule has 3 N–H and O–H groups in total. The van der Waals surface area contributed by atoms with Gasteiger partial charge in [-0.1, -0.05) is 0 Å². The Morgan fingerprint density at radius 3 is 2.71 bits per heavy atom. The van der Waals surface area contributed by atoms with Gasteiger partial charge in [0.05, 0.1) is 13.3 Å². The van der Waals surface area contributed by atoms with Crippen LogP contribution in [0.15, 0.2) is 23.3 Å². The molecule has 0 saturated heterocycles. The molecule has 0 aliphatic carbocycles. The molecule has 2 amide bonds. The van der Waals surface area contributed by atoms with Gasteiger partial charge in [0.15, 0.2) is 11.5 Å². The first-order valence-corrected chi connectivity index (χ1v) is 6.05. The lowest BCUT2D eigenvalue weighted by Crippen LogP contribution is -2.24. The van der Waals surface area contributed by atoms with E-state index in [1.807, 2.05) is 0 Å². The number of nitrogens with one attached hydrogen (secondary N) is 1. The minimum absolute atomic E-state index is 0.157. The Bertz CT molecular complexity index is 531. The third-order valence-corrected chi connectivity index (χ3v) is 2.22. The Hall–Kier alpha value is -2.77. The number of nitrogens with two attached hydrogens (primary N) is 1. The normalized spacial score (nSPS) is 10.2. The zero-order chi connectivity index (χ0) is 15.7. The Kier molecular flexibility index (Phi) is 6.52. The number of benzene rings is 1. The van der Waals surface area contributed by atoms with Crippen LogP contribution >= 0.6 is 0 Å². The number of carbonyl (C=O) groups is 2. The SMILES string of the molecule is COc1cc(C=NNC(N)=O)ccc1OCCOC(C)=O. The van der Waals surface area contributed by atoms with Crippen molar-refractivity contribution < 1.29 is 23.8 Å². The maximum Gasteiger partial charge on any atom is 0.332 e. The van der Waals surface area contributed by atoms with Crippen LogP contribution in [0.4, 0.5) is 4.79 Å². The topological polar surface area (TPSA) is 112 Å². The molecule has 114 valence electrons. The summed E-state index contributed by atoms with van der Waals surface area (Å²) in [5, 5.41) is 3.64. The van der Waals surface area contributed by atoms with E-state index in [-0.39, 0.29) is 19.2 Å². The second-order valence-electron chi connectivity index (χ2n) is 3.83. The van der Waals surface area contributed by atoms with E-state index in [1.54, 1.807) is 18.2 Å². The van der Waals surface area contributed by atoms with Crippen LogP contribution in [0, 0.1) is 0 Å². The lowest BCUT2D eigenvalue weighted by molar-refractivity contribution is -0.141. The van der Waals surface area contributed by atoms with Crippen LogP contribution in [0.25, 0.3) is 0 Å². The van der Waals surface area contributed by atoms with Crippen LogP contribution in [0.2, 0.25) is 0 Å². The molecule has 1 rings (SSSR count). The summed E-state index contributed by atoms with van der Waals surface area (Å²) in [5.41, 5.74) is 7.66. The monoisotopic (exact) mass is 295 g/mol. The first-order chi connectivity index (χ1) is 10.0. The molecule has 8 heteroatoms. The fourth-order valence-corrected chi connectivity index (χ4v) is 1.39. The second-order valence-corrected chi connectivity index (χ2v) is 3.83. The van der Waals surface area contributed by atoms with E-state index >= 15 is 0 Å². The number of methoxy groups -OCH3 is 1. The average Bonchev–Trinajstić information content (AvgIpc) is 2.43. The minimum Gasteiger partial charge on any atom is -0.493 e. The predicted octanol–water partition coefficient (Wildman–Crippen LogP) is 0.639. The van der Waals surface area contributed by atoms with Gasteiger partial charge in [0.2, 0.25) is 0 Å². The molecule has 0 saturated carbocycles. The minimum atomic E-state index is -0.747. The Labute approximate surface area is 121 Å². The zero-order valence-electron chi connectivity index (χ0n) is 11.8. The lowest BCUT2D eigenvalue weighted by Gasteiger charge is -2.11. The van der Waals surface area contributed by atoms with E-state index in [4.69, 9.17) is 19.9 Å². The Morgan fingerprint density at radius 2 is 2.10 bits per heavy atom. The largest absolute Gasteiger partial charge is 0.493 e. The zero-order valence-corrected chi connectivity index (χ0v) is 11.8. The summed E-state index contributed by atoms with van der Waals surface area (Å²) in [6, 6.07) is 4.32. The molecule has 0 unspecified atom stereocenters. The third-order valence-electron chi connectivity index (χ3n) is 2.22. The van der Waals surface area contributed by atoms with Crippen LogP contribution in [0.5, 0.6) is 11.5 Å². The maximum absolute atomic E-state index is 10.6. The molecule has 0 spiro atoms. The number of urea groups is 1. The quantitative estimate of drug-likeness (QED) is 0.332. The first-order valence-electron chi connectivity index (χ1n) is 6.05. The molecule has 1 aromatic carbocycles. The van der Waals surface area contributed by atoms with Gasteiger partial charge in [-0.15, -0.1) is 0 Å². The van der Waals surface area contributed by atoms with Crippen LogP contribution in [-0.2, 0) is 9.53 Å². The summed E-state index contributed by atoms with van der Waals surface area (Å²) < 4.78 is 15.4. The van der Waals surface area contributed by atoms with Gasteiger partial charge < -0.3 is 19.9 Å². The van der Waals surface area contributed by atoms with E-state index in [0.29, 0.717) is 17.1 Å². The molecule has 0 aliphatic rings. The summed E-state index contributed by atoms with van der Waals surface area (Å²) in [6.45, 7) is 1.70. The fraction of sp³-hybridized carbons (Fsp3) is 0.308. The van der Waals surface area contributed by atoms with E-state index < -0.39 is 6.03 Å². The molecular formula is C13H17N3O5. The van der Waals surface area contributed by atoms with Crippen molar-refractivity contribution in [3.8, 4) is 11.5 Å². The molecule has 0 fully saturated rings. The van der Waals surface area contributed by atoms with Crippen molar-refractivity contribution in [2.24, 2.45) is 10.8 Å². The van der Waals surface area contributed by atoms with Gasteiger partial charge >= 0.3 is 12.0 Å². The van der Waals surface area contributed by atoms with Gasteiger partial charge in [0, 0.05) is 6.92 Å². The van der Waals surface area contributed by atoms with Crippen molar-refractivity contribution in [3.05, 3.63) is 23.8 Å². The first kappa shape index (κ1) is 16.3. The third kappa shape index (κ3) is 6.28. The van der Waals surface area contributed by atoms with Gasteiger partial charge in [0.1, 0.15) is 13.2 Å². The number of hydrogen-bond acceptors (Lipinski definition) is 6. The molecule has 0 radical (unpaired) electrons. The number of nitrogens with zero attached hydrogens (tertiary/aromatic N) is 1. The van der Waals surface area contributed by atoms with Crippen molar-refractivity contribution in [1.29, 1.82) is 0 Å². The standard InChI is InChI=1S/C13H17N3O5/c1-9(17)20-5-6-21-11-4-3-10(7-12(11)19-2)8-15-16-13(14)18/h3-4,7-8H,5-6H2,1-2H3,(H3,14,16,18). The van der Waals surface area contributed by atoms with Crippen LogP contribution in [0.1, 0.15) is 12.5 Å². The van der Waals surface area contributed by atoms with Crippen LogP contribution in [0.3, 0.4) is 0 Å². The molecule has 0 atom stereocenters. The summed E-state index contributed by atoms with van der Waals surface area (Å²) in [5.74, 6) is 0.629. The number of ether oxygens (including phenoxy) is 3. The molecule has 0 aliphatic heterocycles. The van der Waals surface area contributed by atoms with Crippen molar-refractivity contribution in [2.75, 3.05) is 20.3 Å². The summed E-state index contributed by atoms with van der Waals surface area (Å²) >= 11 is 0. The number of primary amides is 1. The van der Waals surface area contributed by atoms with Gasteiger partial charge in [-0.2, -0.15) is 5.10 Å². The van der Waals surface area contributed by atoms with Gasteiger partial charge in [-0.25, -0.2) is 10.2 Å². The van der Waals surface area contributed by atoms with E-state index in [2.05, 4.69) is 10.5 Å². The number of rotatable bonds is 7. The smallest absolute Gasteiger partial charge is 0.332 e. The second kappa shape index (κ2) is 8.41. The summed E-state index contributed by atoms with van der Waals surface area (Å²) in [7, 11) is 1.50. The Morgan fingerprint density at radius 1 is 1.33 bits per heavy atom. The molecular weight excluding hydrogens is 278 g/mol. The van der Waals surface area contributed by atoms with Crippen molar-refractivity contribution in [3.63, 3.8) is 0 Å². The van der Waals surface area contributed by atoms with Gasteiger partial charge in [-0.3, -0.25) is 4.79 Å². The van der Waals surface area contributed by atoms with Crippen molar-refractivity contribution in [1.82, 2.24) is 5.43 Å². The summed E-state index contributed by atoms with van der Waals surface area (Å²) in [6.07, 6.45) is 1.41. The van der Waals surface area contributed by atoms with Gasteiger partial charge in [0.25, 0.3) is 0 Å². The molecule has 0 heterocycles.